The molecule has 1 fully saturated rings. The van der Waals surface area contributed by atoms with Gasteiger partial charge in [0.25, 0.3) is 6.43 Å². The lowest BCUT2D eigenvalue weighted by atomic mass is 9.85. The minimum atomic E-state index is -2.52. The molecule has 12 heteroatoms. The number of nitrogens with one attached hydrogen (secondary N) is 2. The number of rotatable bonds is 6. The van der Waals surface area contributed by atoms with Gasteiger partial charge in [-0.05, 0) is 32.6 Å². The van der Waals surface area contributed by atoms with Gasteiger partial charge in [-0.3, -0.25) is 4.79 Å². The number of amides is 1. The van der Waals surface area contributed by atoms with Gasteiger partial charge in [-0.15, -0.1) is 0 Å². The molecule has 0 aliphatic heterocycles. The van der Waals surface area contributed by atoms with E-state index in [1.54, 1.807) is 44.5 Å². The van der Waals surface area contributed by atoms with E-state index >= 15 is 0 Å². The Hall–Kier alpha value is -3.70. The highest BCUT2D eigenvalue weighted by Gasteiger charge is 2.27. The summed E-state index contributed by atoms with van der Waals surface area (Å²) in [6.45, 7) is 1.17. The number of aryl methyl sites for hydroxylation is 1. The summed E-state index contributed by atoms with van der Waals surface area (Å²) in [6.07, 6.45) is 5.96. The lowest BCUT2D eigenvalue weighted by Crippen LogP contribution is -2.35. The number of aromatic nitrogens is 7. The number of fused-ring (bicyclic) bond motifs is 2. The second-order valence-corrected chi connectivity index (χ2v) is 9.15. The molecule has 5 rings (SSSR count). The SMILES string of the molecule is Cc1nc2ncc(-c3c[nH]c4nc(N[C@H]5CC[C@@H](C(=O)N(C)C)CC5)ncc34)nc2n1CC(F)F. The van der Waals surface area contributed by atoms with Crippen LogP contribution in [0, 0.1) is 12.8 Å². The third kappa shape index (κ3) is 4.52. The average molecular weight is 484 g/mol. The van der Waals surface area contributed by atoms with Crippen LogP contribution < -0.4 is 5.32 Å². The maximum atomic E-state index is 13.0. The van der Waals surface area contributed by atoms with Gasteiger partial charge in [-0.25, -0.2) is 28.7 Å². The third-order valence-electron chi connectivity index (χ3n) is 6.53. The number of alkyl halides is 2. The fourth-order valence-electron chi connectivity index (χ4n) is 4.71. The quantitative estimate of drug-likeness (QED) is 0.432. The van der Waals surface area contributed by atoms with Crippen LogP contribution in [0.4, 0.5) is 14.7 Å². The zero-order valence-electron chi connectivity index (χ0n) is 19.8. The van der Waals surface area contributed by atoms with Gasteiger partial charge in [-0.2, -0.15) is 4.98 Å². The summed E-state index contributed by atoms with van der Waals surface area (Å²) in [6, 6.07) is 0.208. The van der Waals surface area contributed by atoms with Crippen LogP contribution in [0.2, 0.25) is 0 Å². The summed E-state index contributed by atoms with van der Waals surface area (Å²) in [4.78, 5) is 39.2. The lowest BCUT2D eigenvalue weighted by Gasteiger charge is -2.29. The molecule has 0 atom stereocenters. The number of hydrogen-bond acceptors (Lipinski definition) is 7. The number of carbonyl (C=O) groups excluding carboxylic acids is 1. The van der Waals surface area contributed by atoms with Crippen LogP contribution in [0.1, 0.15) is 31.5 Å². The topological polar surface area (TPSA) is 118 Å². The Bertz CT molecular complexity index is 1370. The first-order valence-corrected chi connectivity index (χ1v) is 11.6. The second-order valence-electron chi connectivity index (χ2n) is 9.15. The maximum absolute atomic E-state index is 13.0. The molecule has 10 nitrogen and oxygen atoms in total. The maximum Gasteiger partial charge on any atom is 0.256 e. The van der Waals surface area contributed by atoms with E-state index in [-0.39, 0.29) is 17.9 Å². The number of nitrogens with zero attached hydrogens (tertiary/aromatic N) is 7. The van der Waals surface area contributed by atoms with Crippen molar-refractivity contribution in [3.8, 4) is 11.3 Å². The second kappa shape index (κ2) is 9.16. The number of aromatic amines is 1. The van der Waals surface area contributed by atoms with Crippen LogP contribution in [0.5, 0.6) is 0 Å². The van der Waals surface area contributed by atoms with E-state index in [2.05, 4.69) is 35.2 Å². The van der Waals surface area contributed by atoms with E-state index in [4.69, 9.17) is 0 Å². The van der Waals surface area contributed by atoms with Crippen LogP contribution in [-0.4, -0.2) is 71.8 Å². The van der Waals surface area contributed by atoms with Gasteiger partial charge in [0.2, 0.25) is 11.9 Å². The van der Waals surface area contributed by atoms with E-state index in [1.165, 1.54) is 4.57 Å². The number of H-pyrrole nitrogens is 1. The van der Waals surface area contributed by atoms with Crippen LogP contribution in [0.3, 0.4) is 0 Å². The highest BCUT2D eigenvalue weighted by atomic mass is 19.3. The van der Waals surface area contributed by atoms with E-state index in [0.29, 0.717) is 34.4 Å². The smallest absolute Gasteiger partial charge is 0.256 e. The van der Waals surface area contributed by atoms with Crippen molar-refractivity contribution >= 4 is 34.2 Å². The predicted molar refractivity (Wildman–Crippen MR) is 127 cm³/mol. The van der Waals surface area contributed by atoms with Crippen molar-refractivity contribution in [1.29, 1.82) is 0 Å². The molecule has 4 heterocycles. The molecule has 184 valence electrons. The van der Waals surface area contributed by atoms with E-state index in [9.17, 15) is 13.6 Å². The summed E-state index contributed by atoms with van der Waals surface area (Å²) < 4.78 is 27.5. The average Bonchev–Trinajstić information content (AvgIpc) is 3.39. The standard InChI is InChI=1S/C23H27F2N9O/c1-12-29-20-21(34(12)11-18(24)25)31-17(10-27-20)15-8-26-19-16(15)9-28-23(32-19)30-14-6-4-13(5-7-14)22(35)33(2)3/h8-10,13-14,18H,4-7,11H2,1-3H3,(H2,26,28,30,32)/t13-,14+. The summed E-state index contributed by atoms with van der Waals surface area (Å²) in [5.41, 5.74) is 2.53. The van der Waals surface area contributed by atoms with Crippen molar-refractivity contribution in [3.05, 3.63) is 24.4 Å². The molecule has 0 spiro atoms. The van der Waals surface area contributed by atoms with Crippen LogP contribution in [0.25, 0.3) is 33.6 Å². The Labute approximate surface area is 200 Å². The van der Waals surface area contributed by atoms with Gasteiger partial charge < -0.3 is 19.8 Å². The third-order valence-corrected chi connectivity index (χ3v) is 6.53. The van der Waals surface area contributed by atoms with Crippen LogP contribution in [0.15, 0.2) is 18.6 Å². The fraction of sp³-hybridized carbons (Fsp3) is 0.478. The molecule has 1 saturated carbocycles. The molecule has 2 N–H and O–H groups in total. The van der Waals surface area contributed by atoms with Gasteiger partial charge >= 0.3 is 0 Å². The van der Waals surface area contributed by atoms with Crippen molar-refractivity contribution < 1.29 is 13.6 Å². The number of imidazole rings is 1. The highest BCUT2D eigenvalue weighted by Crippen LogP contribution is 2.30. The van der Waals surface area contributed by atoms with Gasteiger partial charge in [0.15, 0.2) is 11.3 Å². The lowest BCUT2D eigenvalue weighted by molar-refractivity contribution is -0.133. The van der Waals surface area contributed by atoms with E-state index in [1.807, 2.05) is 0 Å². The summed E-state index contributed by atoms with van der Waals surface area (Å²) >= 11 is 0. The monoisotopic (exact) mass is 483 g/mol. The Balaban J connectivity index is 1.35. The Morgan fingerprint density at radius 1 is 1.17 bits per heavy atom. The molecular weight excluding hydrogens is 456 g/mol. The van der Waals surface area contributed by atoms with Crippen molar-refractivity contribution in [1.82, 2.24) is 39.4 Å². The van der Waals surface area contributed by atoms with E-state index in [0.717, 1.165) is 36.6 Å². The summed E-state index contributed by atoms with van der Waals surface area (Å²) in [5, 5.41) is 4.14. The minimum Gasteiger partial charge on any atom is -0.351 e. The number of hydrogen-bond donors (Lipinski definition) is 2. The van der Waals surface area contributed by atoms with Crippen LogP contribution in [-0.2, 0) is 11.3 Å². The zero-order chi connectivity index (χ0) is 24.7. The normalized spacial score (nSPS) is 18.5. The molecule has 0 aromatic carbocycles. The Morgan fingerprint density at radius 3 is 2.66 bits per heavy atom. The molecule has 1 amide bonds. The molecule has 0 saturated heterocycles. The summed E-state index contributed by atoms with van der Waals surface area (Å²) in [5.74, 6) is 1.22. The molecular formula is C23H27F2N9O. The Kier molecular flexibility index (Phi) is 6.03. The largest absolute Gasteiger partial charge is 0.351 e. The van der Waals surface area contributed by atoms with Gasteiger partial charge in [-0.1, -0.05) is 0 Å². The minimum absolute atomic E-state index is 0.0802. The highest BCUT2D eigenvalue weighted by molar-refractivity contribution is 5.93. The van der Waals surface area contributed by atoms with Gasteiger partial charge in [0.05, 0.1) is 18.4 Å². The molecule has 4 aromatic rings. The fourth-order valence-corrected chi connectivity index (χ4v) is 4.71. The Morgan fingerprint density at radius 2 is 1.94 bits per heavy atom. The number of halogens is 2. The van der Waals surface area contributed by atoms with Crippen molar-refractivity contribution in [2.75, 3.05) is 19.4 Å². The molecule has 0 unspecified atom stereocenters. The molecule has 0 radical (unpaired) electrons. The number of carbonyl (C=O) groups is 1. The molecule has 1 aliphatic rings. The van der Waals surface area contributed by atoms with Gasteiger partial charge in [0.1, 0.15) is 11.5 Å². The molecule has 4 aromatic heterocycles. The van der Waals surface area contributed by atoms with Crippen LogP contribution >= 0.6 is 0 Å². The predicted octanol–water partition coefficient (Wildman–Crippen LogP) is 3.40. The zero-order valence-corrected chi connectivity index (χ0v) is 19.8. The van der Waals surface area contributed by atoms with Gasteiger partial charge in [0, 0.05) is 49.4 Å². The molecule has 0 bridgehead atoms. The van der Waals surface area contributed by atoms with Crippen molar-refractivity contribution in [2.24, 2.45) is 5.92 Å². The van der Waals surface area contributed by atoms with Crippen molar-refractivity contribution in [2.45, 2.75) is 51.6 Å². The first kappa shape index (κ1) is 23.1. The first-order chi connectivity index (χ1) is 16.8. The molecule has 35 heavy (non-hydrogen) atoms. The number of anilines is 1. The molecule has 1 aliphatic carbocycles. The summed E-state index contributed by atoms with van der Waals surface area (Å²) in [7, 11) is 3.59. The van der Waals surface area contributed by atoms with E-state index < -0.39 is 13.0 Å². The van der Waals surface area contributed by atoms with Crippen molar-refractivity contribution in [3.63, 3.8) is 0 Å². The first-order valence-electron chi connectivity index (χ1n) is 11.6.